The fraction of sp³-hybridized carbons (Fsp3) is 0.517. The van der Waals surface area contributed by atoms with E-state index in [1.807, 2.05) is 52.3 Å². The van der Waals surface area contributed by atoms with Crippen LogP contribution in [0.1, 0.15) is 62.6 Å². The second-order valence-corrected chi connectivity index (χ2v) is 9.80. The van der Waals surface area contributed by atoms with E-state index in [1.165, 1.54) is 0 Å². The number of carbonyl (C=O) groups is 2. The first-order chi connectivity index (χ1) is 18.0. The van der Waals surface area contributed by atoms with Gasteiger partial charge < -0.3 is 29.0 Å². The standard InChI is InChI=1S/C29H38N2O6.Na/c1-4-6-14-30(15-7-5-2)26(32)18-31-17-23(21-10-13-24-25(16-21)37-19-36-24)27(29(33)34)28(31)20-8-11-22(35-3)12-9-20;/h8-13,16,23,27-28H,4-7,14-15,17-19H2,1-3H3,(H,33,34);/q;+1/p-1/t23-,27+,28-;/m1./s1. The Morgan fingerprint density at radius 3 is 2.24 bits per heavy atom. The SMILES string of the molecule is CCCCN(CCCC)C(=O)CN1C[C@H](c2ccc3c(c2)OCO3)[C@H](C(=O)[O-])[C@H]1c1ccc(OC)cc1.[Na+]. The number of hydrogen-bond donors (Lipinski definition) is 0. The Hall–Kier alpha value is -2.26. The van der Waals surface area contributed by atoms with E-state index in [0.29, 0.717) is 36.9 Å². The molecular formula is C29H37N2NaO6. The maximum atomic E-state index is 13.5. The summed E-state index contributed by atoms with van der Waals surface area (Å²) in [5.74, 6) is -0.382. The van der Waals surface area contributed by atoms with Crippen molar-refractivity contribution in [1.29, 1.82) is 0 Å². The number of rotatable bonds is 12. The number of unbranched alkanes of at least 4 members (excludes halogenated alkanes) is 2. The van der Waals surface area contributed by atoms with Gasteiger partial charge in [-0.05, 0) is 48.2 Å². The van der Waals surface area contributed by atoms with Crippen LogP contribution in [0.3, 0.4) is 0 Å². The summed E-state index contributed by atoms with van der Waals surface area (Å²) in [5, 5.41) is 12.7. The third-order valence-electron chi connectivity index (χ3n) is 7.41. The zero-order valence-corrected chi connectivity index (χ0v) is 25.0. The minimum absolute atomic E-state index is 0. The Bertz CT molecular complexity index is 1070. The molecule has 4 rings (SSSR count). The summed E-state index contributed by atoms with van der Waals surface area (Å²) in [7, 11) is 1.59. The van der Waals surface area contributed by atoms with Crippen LogP contribution >= 0.6 is 0 Å². The average Bonchev–Trinajstić information content (AvgIpc) is 3.53. The predicted octanol–water partition coefficient (Wildman–Crippen LogP) is 0.363. The number of aliphatic carboxylic acids is 1. The minimum Gasteiger partial charge on any atom is -0.550 e. The fourth-order valence-electron chi connectivity index (χ4n) is 5.39. The molecule has 1 fully saturated rings. The largest absolute Gasteiger partial charge is 1.00 e. The van der Waals surface area contributed by atoms with Gasteiger partial charge in [-0.15, -0.1) is 0 Å². The molecule has 2 heterocycles. The normalized spacial score (nSPS) is 20.1. The maximum Gasteiger partial charge on any atom is 1.00 e. The van der Waals surface area contributed by atoms with Crippen LogP contribution in [0, 0.1) is 5.92 Å². The monoisotopic (exact) mass is 532 g/mol. The maximum absolute atomic E-state index is 13.5. The number of methoxy groups -OCH3 is 1. The summed E-state index contributed by atoms with van der Waals surface area (Å²) in [6.45, 7) is 6.36. The number of ether oxygens (including phenoxy) is 3. The molecule has 0 bridgehead atoms. The van der Waals surface area contributed by atoms with Gasteiger partial charge in [-0.3, -0.25) is 9.69 Å². The van der Waals surface area contributed by atoms with Crippen LogP contribution < -0.4 is 48.9 Å². The van der Waals surface area contributed by atoms with Crippen LogP contribution in [-0.2, 0) is 9.59 Å². The van der Waals surface area contributed by atoms with Gasteiger partial charge in [0, 0.05) is 43.5 Å². The topological polar surface area (TPSA) is 91.4 Å². The molecular weight excluding hydrogens is 495 g/mol. The zero-order chi connectivity index (χ0) is 26.4. The molecule has 2 aromatic rings. The van der Waals surface area contributed by atoms with Gasteiger partial charge in [0.2, 0.25) is 12.7 Å². The van der Waals surface area contributed by atoms with E-state index >= 15 is 0 Å². The number of hydrogen-bond acceptors (Lipinski definition) is 7. The van der Waals surface area contributed by atoms with E-state index in [4.69, 9.17) is 14.2 Å². The Kier molecular flexibility index (Phi) is 11.3. The zero-order valence-electron chi connectivity index (χ0n) is 23.0. The molecule has 2 aromatic carbocycles. The Morgan fingerprint density at radius 1 is 1.00 bits per heavy atom. The van der Waals surface area contributed by atoms with Crippen LogP contribution in [0.5, 0.6) is 17.2 Å². The first-order valence-electron chi connectivity index (χ1n) is 13.2. The molecule has 9 heteroatoms. The molecule has 0 radical (unpaired) electrons. The van der Waals surface area contributed by atoms with Crippen LogP contribution in [-0.4, -0.2) is 61.8 Å². The average molecular weight is 533 g/mol. The van der Waals surface area contributed by atoms with Crippen LogP contribution in [0.25, 0.3) is 0 Å². The van der Waals surface area contributed by atoms with E-state index in [9.17, 15) is 14.7 Å². The number of carboxylic acid groups (broad SMARTS) is 1. The van der Waals surface area contributed by atoms with Gasteiger partial charge in [-0.25, -0.2) is 0 Å². The fourth-order valence-corrected chi connectivity index (χ4v) is 5.39. The van der Waals surface area contributed by atoms with Gasteiger partial charge >= 0.3 is 29.6 Å². The van der Waals surface area contributed by atoms with Crippen LogP contribution in [0.2, 0.25) is 0 Å². The second kappa shape index (κ2) is 14.2. The first kappa shape index (κ1) is 30.3. The number of nitrogens with zero attached hydrogens (tertiary/aromatic N) is 2. The molecule has 0 aliphatic carbocycles. The number of likely N-dealkylation sites (tertiary alicyclic amines) is 1. The first-order valence-corrected chi connectivity index (χ1v) is 13.2. The molecule has 0 aromatic heterocycles. The third-order valence-corrected chi connectivity index (χ3v) is 7.41. The summed E-state index contributed by atoms with van der Waals surface area (Å²) in [6.07, 6.45) is 3.90. The summed E-state index contributed by atoms with van der Waals surface area (Å²) in [6, 6.07) is 12.4. The van der Waals surface area contributed by atoms with Crippen molar-refractivity contribution in [2.75, 3.05) is 40.1 Å². The molecule has 0 N–H and O–H groups in total. The molecule has 8 nitrogen and oxygen atoms in total. The Labute approximate surface area is 247 Å². The molecule has 0 saturated carbocycles. The van der Waals surface area contributed by atoms with Crippen molar-refractivity contribution >= 4 is 11.9 Å². The van der Waals surface area contributed by atoms with Gasteiger partial charge in [-0.2, -0.15) is 0 Å². The van der Waals surface area contributed by atoms with E-state index in [-0.39, 0.29) is 54.7 Å². The van der Waals surface area contributed by atoms with Gasteiger partial charge in [0.1, 0.15) is 5.75 Å². The van der Waals surface area contributed by atoms with E-state index in [2.05, 4.69) is 13.8 Å². The van der Waals surface area contributed by atoms with E-state index < -0.39 is 17.9 Å². The van der Waals surface area contributed by atoms with Gasteiger partial charge in [0.05, 0.1) is 13.7 Å². The number of carbonyl (C=O) groups excluding carboxylic acids is 2. The summed E-state index contributed by atoms with van der Waals surface area (Å²) >= 11 is 0. The van der Waals surface area contributed by atoms with Gasteiger partial charge in [-0.1, -0.05) is 44.9 Å². The van der Waals surface area contributed by atoms with Crippen molar-refractivity contribution < 1.29 is 58.5 Å². The third kappa shape index (κ3) is 6.84. The summed E-state index contributed by atoms with van der Waals surface area (Å²) in [4.78, 5) is 30.1. The molecule has 2 aliphatic rings. The van der Waals surface area contributed by atoms with Crippen molar-refractivity contribution in [3.05, 3.63) is 53.6 Å². The summed E-state index contributed by atoms with van der Waals surface area (Å²) < 4.78 is 16.3. The predicted molar refractivity (Wildman–Crippen MR) is 138 cm³/mol. The van der Waals surface area contributed by atoms with Gasteiger partial charge in [0.25, 0.3) is 0 Å². The van der Waals surface area contributed by atoms with Crippen molar-refractivity contribution in [3.63, 3.8) is 0 Å². The van der Waals surface area contributed by atoms with Crippen molar-refractivity contribution in [1.82, 2.24) is 9.80 Å². The quantitative estimate of drug-likeness (QED) is 0.365. The summed E-state index contributed by atoms with van der Waals surface area (Å²) in [5.41, 5.74) is 1.65. The van der Waals surface area contributed by atoms with E-state index in [0.717, 1.165) is 36.8 Å². The Morgan fingerprint density at radius 2 is 1.63 bits per heavy atom. The molecule has 0 spiro atoms. The van der Waals surface area contributed by atoms with Crippen molar-refractivity contribution in [2.45, 2.75) is 51.5 Å². The number of amides is 1. The second-order valence-electron chi connectivity index (χ2n) is 9.80. The van der Waals surface area contributed by atoms with Crippen molar-refractivity contribution in [2.24, 2.45) is 5.92 Å². The molecule has 1 saturated heterocycles. The van der Waals surface area contributed by atoms with Crippen LogP contribution in [0.4, 0.5) is 0 Å². The Balaban J connectivity index is 0.00000400. The number of fused-ring (bicyclic) bond motifs is 1. The number of benzene rings is 2. The molecule has 0 unspecified atom stereocenters. The molecule has 3 atom stereocenters. The number of carboxylic acids is 1. The van der Waals surface area contributed by atoms with E-state index in [1.54, 1.807) is 7.11 Å². The molecule has 2 aliphatic heterocycles. The van der Waals surface area contributed by atoms with Gasteiger partial charge in [0.15, 0.2) is 11.5 Å². The van der Waals surface area contributed by atoms with Crippen LogP contribution in [0.15, 0.2) is 42.5 Å². The molecule has 1 amide bonds. The smallest absolute Gasteiger partial charge is 0.550 e. The minimum atomic E-state index is -1.13. The van der Waals surface area contributed by atoms with Crippen molar-refractivity contribution in [3.8, 4) is 17.2 Å². The molecule has 38 heavy (non-hydrogen) atoms. The molecule has 200 valence electrons.